The average Bonchev–Trinajstić information content (AvgIpc) is 1.72. The SMILES string of the molecule is C1CCNCC1.Cl.[CH3-].[Mg+2]. The fourth-order valence-corrected chi connectivity index (χ4v) is 0.802. The van der Waals surface area contributed by atoms with Crippen LogP contribution in [-0.4, -0.2) is 36.1 Å². The summed E-state index contributed by atoms with van der Waals surface area (Å²) in [6.07, 6.45) is 4.22. The largest absolute Gasteiger partial charge is 2.00 e. The van der Waals surface area contributed by atoms with Crippen LogP contribution in [0.3, 0.4) is 0 Å². The van der Waals surface area contributed by atoms with E-state index >= 15 is 0 Å². The molecule has 0 aromatic heterocycles. The van der Waals surface area contributed by atoms with Crippen LogP contribution in [0.15, 0.2) is 0 Å². The van der Waals surface area contributed by atoms with Crippen molar-refractivity contribution >= 4 is 35.5 Å². The number of hydrogen-bond donors (Lipinski definition) is 1. The first kappa shape index (κ1) is 16.5. The predicted octanol–water partition coefficient (Wildman–Crippen LogP) is 1.25. The van der Waals surface area contributed by atoms with Crippen molar-refractivity contribution in [2.45, 2.75) is 19.3 Å². The molecule has 9 heavy (non-hydrogen) atoms. The summed E-state index contributed by atoms with van der Waals surface area (Å²) in [5.74, 6) is 0. The Kier molecular flexibility index (Phi) is 21.6. The van der Waals surface area contributed by atoms with Crippen molar-refractivity contribution in [1.29, 1.82) is 0 Å². The second-order valence-electron chi connectivity index (χ2n) is 1.81. The van der Waals surface area contributed by atoms with Gasteiger partial charge in [-0.15, -0.1) is 12.4 Å². The molecule has 1 saturated heterocycles. The van der Waals surface area contributed by atoms with Gasteiger partial charge in [-0.05, 0) is 25.9 Å². The number of piperidine rings is 1. The van der Waals surface area contributed by atoms with Crippen LogP contribution in [0.2, 0.25) is 0 Å². The summed E-state index contributed by atoms with van der Waals surface area (Å²) in [5.41, 5.74) is 0. The Morgan fingerprint density at radius 2 is 1.33 bits per heavy atom. The molecule has 0 aliphatic carbocycles. The van der Waals surface area contributed by atoms with Crippen molar-refractivity contribution in [2.24, 2.45) is 0 Å². The van der Waals surface area contributed by atoms with Crippen LogP contribution in [0.1, 0.15) is 19.3 Å². The second-order valence-corrected chi connectivity index (χ2v) is 1.81. The van der Waals surface area contributed by atoms with Gasteiger partial charge in [0.25, 0.3) is 0 Å². The maximum absolute atomic E-state index is 3.28. The molecule has 1 heterocycles. The van der Waals surface area contributed by atoms with Crippen LogP contribution >= 0.6 is 12.4 Å². The number of rotatable bonds is 0. The van der Waals surface area contributed by atoms with E-state index in [1.807, 2.05) is 0 Å². The zero-order chi connectivity index (χ0) is 4.24. The molecule has 52 valence electrons. The van der Waals surface area contributed by atoms with Gasteiger partial charge in [0.2, 0.25) is 0 Å². The zero-order valence-corrected chi connectivity index (χ0v) is 8.38. The molecular formula is C6H15ClMgN+. The van der Waals surface area contributed by atoms with E-state index in [4.69, 9.17) is 0 Å². The molecule has 0 bridgehead atoms. The summed E-state index contributed by atoms with van der Waals surface area (Å²) in [6, 6.07) is 0. The third-order valence-electron chi connectivity index (χ3n) is 1.21. The Morgan fingerprint density at radius 3 is 1.44 bits per heavy atom. The summed E-state index contributed by atoms with van der Waals surface area (Å²) >= 11 is 0. The van der Waals surface area contributed by atoms with Crippen molar-refractivity contribution in [3.05, 3.63) is 7.43 Å². The molecule has 0 amide bonds. The van der Waals surface area contributed by atoms with Gasteiger partial charge >= 0.3 is 23.1 Å². The van der Waals surface area contributed by atoms with Gasteiger partial charge in [-0.2, -0.15) is 0 Å². The van der Waals surface area contributed by atoms with Crippen molar-refractivity contribution in [2.75, 3.05) is 13.1 Å². The summed E-state index contributed by atoms with van der Waals surface area (Å²) in [5, 5.41) is 3.28. The van der Waals surface area contributed by atoms with E-state index in [0.29, 0.717) is 0 Å². The Labute approximate surface area is 80.5 Å². The van der Waals surface area contributed by atoms with E-state index in [9.17, 15) is 0 Å². The van der Waals surface area contributed by atoms with Crippen LogP contribution in [-0.2, 0) is 0 Å². The predicted molar refractivity (Wildman–Crippen MR) is 46.1 cm³/mol. The standard InChI is InChI=1S/C5H11N.CH3.ClH.Mg/c1-2-4-6-5-3-1;;;/h6H,1-5H2;1H3;1H;/q;-1;;+2. The van der Waals surface area contributed by atoms with Crippen LogP contribution in [0.25, 0.3) is 0 Å². The molecule has 1 nitrogen and oxygen atoms in total. The maximum Gasteiger partial charge on any atom is 2.00 e. The molecule has 1 fully saturated rings. The second kappa shape index (κ2) is 11.8. The van der Waals surface area contributed by atoms with Crippen LogP contribution < -0.4 is 5.32 Å². The first-order chi connectivity index (χ1) is 3.00. The molecule has 0 aromatic carbocycles. The van der Waals surface area contributed by atoms with E-state index in [-0.39, 0.29) is 42.9 Å². The third kappa shape index (κ3) is 9.02. The normalized spacial score (nSPS) is 16.0. The average molecular weight is 161 g/mol. The molecule has 1 N–H and O–H groups in total. The molecule has 1 aliphatic rings. The van der Waals surface area contributed by atoms with Gasteiger partial charge in [-0.3, -0.25) is 0 Å². The van der Waals surface area contributed by atoms with Crippen LogP contribution in [0.4, 0.5) is 0 Å². The van der Waals surface area contributed by atoms with E-state index in [0.717, 1.165) is 0 Å². The van der Waals surface area contributed by atoms with Gasteiger partial charge in [0.15, 0.2) is 0 Å². The first-order valence-electron chi connectivity index (χ1n) is 2.71. The molecule has 1 aliphatic heterocycles. The molecule has 1 rings (SSSR count). The van der Waals surface area contributed by atoms with E-state index in [1.165, 1.54) is 32.4 Å². The topological polar surface area (TPSA) is 12.0 Å². The molecule has 0 radical (unpaired) electrons. The van der Waals surface area contributed by atoms with Crippen molar-refractivity contribution < 1.29 is 0 Å². The minimum atomic E-state index is 0. The number of halogens is 1. The Balaban J connectivity index is -0.000000120. The Bertz CT molecular complexity index is 28.5. The zero-order valence-electron chi connectivity index (χ0n) is 6.15. The fourth-order valence-electron chi connectivity index (χ4n) is 0.802. The van der Waals surface area contributed by atoms with Gasteiger partial charge in [0.1, 0.15) is 0 Å². The van der Waals surface area contributed by atoms with Crippen LogP contribution in [0, 0.1) is 7.43 Å². The molecule has 0 saturated carbocycles. The van der Waals surface area contributed by atoms with Crippen LogP contribution in [0.5, 0.6) is 0 Å². The molecule has 0 unspecified atom stereocenters. The summed E-state index contributed by atoms with van der Waals surface area (Å²) in [6.45, 7) is 2.50. The van der Waals surface area contributed by atoms with Crippen molar-refractivity contribution in [3.8, 4) is 0 Å². The molecule has 0 spiro atoms. The van der Waals surface area contributed by atoms with Crippen molar-refractivity contribution in [1.82, 2.24) is 5.32 Å². The minimum Gasteiger partial charge on any atom is -0.358 e. The minimum absolute atomic E-state index is 0. The van der Waals surface area contributed by atoms with E-state index < -0.39 is 0 Å². The summed E-state index contributed by atoms with van der Waals surface area (Å²) < 4.78 is 0. The van der Waals surface area contributed by atoms with Gasteiger partial charge in [-0.1, -0.05) is 6.42 Å². The smallest absolute Gasteiger partial charge is 0.358 e. The fraction of sp³-hybridized carbons (Fsp3) is 0.833. The summed E-state index contributed by atoms with van der Waals surface area (Å²) in [7, 11) is 0. The molecule has 3 heteroatoms. The van der Waals surface area contributed by atoms with Gasteiger partial charge in [0, 0.05) is 0 Å². The quantitative estimate of drug-likeness (QED) is 0.416. The van der Waals surface area contributed by atoms with Gasteiger partial charge < -0.3 is 12.7 Å². The Hall–Kier alpha value is 1.02. The van der Waals surface area contributed by atoms with E-state index in [1.54, 1.807) is 0 Å². The molecular weight excluding hydrogens is 146 g/mol. The maximum atomic E-state index is 3.28. The van der Waals surface area contributed by atoms with Gasteiger partial charge in [-0.25, -0.2) is 0 Å². The first-order valence-corrected chi connectivity index (χ1v) is 2.71. The van der Waals surface area contributed by atoms with E-state index in [2.05, 4.69) is 5.32 Å². The number of nitrogens with one attached hydrogen (secondary N) is 1. The number of hydrogen-bond acceptors (Lipinski definition) is 1. The third-order valence-corrected chi connectivity index (χ3v) is 1.21. The Morgan fingerprint density at radius 1 is 0.889 bits per heavy atom. The van der Waals surface area contributed by atoms with Crippen molar-refractivity contribution in [3.63, 3.8) is 0 Å². The molecule has 0 aromatic rings. The molecule has 0 atom stereocenters. The van der Waals surface area contributed by atoms with Gasteiger partial charge in [0.05, 0.1) is 0 Å². The monoisotopic (exact) mass is 160 g/mol. The summed E-state index contributed by atoms with van der Waals surface area (Å²) in [4.78, 5) is 0.